The Kier molecular flexibility index (Phi) is 6.13. The van der Waals surface area contributed by atoms with Crippen LogP contribution < -0.4 is 10.9 Å². The Morgan fingerprint density at radius 1 is 1.08 bits per heavy atom. The summed E-state index contributed by atoms with van der Waals surface area (Å²) in [5.41, 5.74) is 5.42. The molecule has 130 valence electrons. The van der Waals surface area contributed by atoms with Crippen LogP contribution in [0.4, 0.5) is 0 Å². The number of phenolic OH excluding ortho intramolecular Hbond substituents is 1. The van der Waals surface area contributed by atoms with Gasteiger partial charge in [0.1, 0.15) is 11.3 Å². The molecule has 25 heavy (non-hydrogen) atoms. The molecule has 3 N–H and O–H groups in total. The van der Waals surface area contributed by atoms with Crippen molar-refractivity contribution in [1.29, 1.82) is 0 Å². The number of phenols is 1. The Bertz CT molecular complexity index is 822. The number of hydrogen-bond acceptors (Lipinski definition) is 5. The molecular weight excluding hydrogens is 392 g/mol. The van der Waals surface area contributed by atoms with Gasteiger partial charge < -0.3 is 9.84 Å². The van der Waals surface area contributed by atoms with Crippen LogP contribution in [-0.4, -0.2) is 29.5 Å². The Balaban J connectivity index is 1.83. The van der Waals surface area contributed by atoms with Crippen LogP contribution in [0.3, 0.4) is 0 Å². The molecule has 0 heterocycles. The minimum Gasteiger partial charge on any atom is -0.507 e. The van der Waals surface area contributed by atoms with Gasteiger partial charge in [0, 0.05) is 4.47 Å². The summed E-state index contributed by atoms with van der Waals surface area (Å²) in [4.78, 5) is 35.4. The van der Waals surface area contributed by atoms with E-state index < -0.39 is 24.4 Å². The molecule has 2 aromatic rings. The van der Waals surface area contributed by atoms with Gasteiger partial charge in [-0.15, -0.1) is 0 Å². The molecule has 2 aromatic carbocycles. The van der Waals surface area contributed by atoms with Crippen molar-refractivity contribution in [1.82, 2.24) is 10.9 Å². The fourth-order valence-corrected chi connectivity index (χ4v) is 2.36. The van der Waals surface area contributed by atoms with E-state index in [9.17, 15) is 19.5 Å². The third-order valence-corrected chi connectivity index (χ3v) is 3.83. The second-order valence-electron chi connectivity index (χ2n) is 5.08. The molecule has 0 saturated heterocycles. The topological polar surface area (TPSA) is 105 Å². The van der Waals surface area contributed by atoms with Gasteiger partial charge in [0.2, 0.25) is 0 Å². The number of amides is 2. The van der Waals surface area contributed by atoms with Gasteiger partial charge in [-0.1, -0.05) is 18.2 Å². The first-order valence-electron chi connectivity index (χ1n) is 7.19. The van der Waals surface area contributed by atoms with Crippen LogP contribution in [-0.2, 0) is 9.53 Å². The van der Waals surface area contributed by atoms with E-state index in [1.54, 1.807) is 37.3 Å². The van der Waals surface area contributed by atoms with Gasteiger partial charge >= 0.3 is 5.97 Å². The van der Waals surface area contributed by atoms with E-state index in [2.05, 4.69) is 26.8 Å². The van der Waals surface area contributed by atoms with Crippen molar-refractivity contribution in [3.63, 3.8) is 0 Å². The van der Waals surface area contributed by atoms with E-state index in [-0.39, 0.29) is 11.3 Å². The highest BCUT2D eigenvalue weighted by atomic mass is 79.9. The van der Waals surface area contributed by atoms with Crippen molar-refractivity contribution in [2.45, 2.75) is 6.92 Å². The number of rotatable bonds is 4. The summed E-state index contributed by atoms with van der Waals surface area (Å²) in [5, 5.41) is 9.69. The molecule has 0 aliphatic rings. The summed E-state index contributed by atoms with van der Waals surface area (Å²) in [6.07, 6.45) is 0. The Morgan fingerprint density at radius 3 is 2.48 bits per heavy atom. The maximum absolute atomic E-state index is 11.9. The number of esters is 1. The van der Waals surface area contributed by atoms with Crippen LogP contribution >= 0.6 is 15.9 Å². The standard InChI is InChI=1S/C17H15BrN2O5/c1-10-6-7-12(14(21)8-10)17(24)25-9-15(22)19-20-16(23)11-4-2-3-5-13(11)18/h2-8,21H,9H2,1H3,(H,19,22)(H,20,23). The lowest BCUT2D eigenvalue weighted by molar-refractivity contribution is -0.125. The predicted molar refractivity (Wildman–Crippen MR) is 92.9 cm³/mol. The average Bonchev–Trinajstić information content (AvgIpc) is 2.58. The SMILES string of the molecule is Cc1ccc(C(=O)OCC(=O)NNC(=O)c2ccccc2Br)c(O)c1. The molecule has 7 nitrogen and oxygen atoms in total. The van der Waals surface area contributed by atoms with Gasteiger partial charge in [-0.05, 0) is 52.7 Å². The molecule has 0 aromatic heterocycles. The summed E-state index contributed by atoms with van der Waals surface area (Å²) in [6, 6.07) is 11.1. The lowest BCUT2D eigenvalue weighted by atomic mass is 10.1. The fourth-order valence-electron chi connectivity index (χ4n) is 1.90. The van der Waals surface area contributed by atoms with Crippen LogP contribution in [0.5, 0.6) is 5.75 Å². The van der Waals surface area contributed by atoms with Crippen LogP contribution in [0.1, 0.15) is 26.3 Å². The molecule has 0 aliphatic carbocycles. The molecule has 0 atom stereocenters. The molecule has 2 amide bonds. The molecular formula is C17H15BrN2O5. The zero-order valence-corrected chi connectivity index (χ0v) is 14.8. The zero-order chi connectivity index (χ0) is 18.4. The smallest absolute Gasteiger partial charge is 0.342 e. The number of ether oxygens (including phenoxy) is 1. The van der Waals surface area contributed by atoms with Gasteiger partial charge in [0.15, 0.2) is 6.61 Å². The number of benzene rings is 2. The average molecular weight is 407 g/mol. The number of hydrazine groups is 1. The number of halogens is 1. The van der Waals surface area contributed by atoms with E-state index in [4.69, 9.17) is 4.74 Å². The number of carbonyl (C=O) groups excluding carboxylic acids is 3. The first-order chi connectivity index (χ1) is 11.9. The van der Waals surface area contributed by atoms with Gasteiger partial charge in [0.25, 0.3) is 11.8 Å². The van der Waals surface area contributed by atoms with Crippen molar-refractivity contribution in [2.75, 3.05) is 6.61 Å². The number of nitrogens with one attached hydrogen (secondary N) is 2. The maximum Gasteiger partial charge on any atom is 0.342 e. The maximum atomic E-state index is 11.9. The Morgan fingerprint density at radius 2 is 1.80 bits per heavy atom. The third kappa shape index (κ3) is 5.05. The second kappa shape index (κ2) is 8.29. The van der Waals surface area contributed by atoms with Crippen molar-refractivity contribution >= 4 is 33.7 Å². The van der Waals surface area contributed by atoms with Crippen LogP contribution in [0, 0.1) is 6.92 Å². The molecule has 0 spiro atoms. The third-order valence-electron chi connectivity index (χ3n) is 3.14. The van der Waals surface area contributed by atoms with Crippen LogP contribution in [0.15, 0.2) is 46.9 Å². The summed E-state index contributed by atoms with van der Waals surface area (Å²) < 4.78 is 5.37. The lowest BCUT2D eigenvalue weighted by Crippen LogP contribution is -2.43. The van der Waals surface area contributed by atoms with Crippen molar-refractivity contribution in [2.24, 2.45) is 0 Å². The molecule has 0 saturated carbocycles. The number of hydrogen-bond donors (Lipinski definition) is 3. The van der Waals surface area contributed by atoms with Crippen molar-refractivity contribution < 1.29 is 24.2 Å². The van der Waals surface area contributed by atoms with Gasteiger partial charge in [-0.2, -0.15) is 0 Å². The normalized spacial score (nSPS) is 10.0. The molecule has 0 bridgehead atoms. The summed E-state index contributed by atoms with van der Waals surface area (Å²) in [5.74, 6) is -2.32. The summed E-state index contributed by atoms with van der Waals surface area (Å²) in [6.45, 7) is 1.15. The minimum absolute atomic E-state index is 0.0457. The largest absolute Gasteiger partial charge is 0.507 e. The van der Waals surface area contributed by atoms with Gasteiger partial charge in [-0.3, -0.25) is 20.4 Å². The highest BCUT2D eigenvalue weighted by molar-refractivity contribution is 9.10. The van der Waals surface area contributed by atoms with E-state index in [0.29, 0.717) is 10.0 Å². The lowest BCUT2D eigenvalue weighted by Gasteiger charge is -2.09. The fraction of sp³-hybridized carbons (Fsp3) is 0.118. The highest BCUT2D eigenvalue weighted by Gasteiger charge is 2.15. The summed E-state index contributed by atoms with van der Waals surface area (Å²) in [7, 11) is 0. The molecule has 0 unspecified atom stereocenters. The molecule has 0 aliphatic heterocycles. The van der Waals surface area contributed by atoms with Crippen molar-refractivity contribution in [3.8, 4) is 5.75 Å². The van der Waals surface area contributed by atoms with E-state index in [1.165, 1.54) is 12.1 Å². The van der Waals surface area contributed by atoms with E-state index in [0.717, 1.165) is 5.56 Å². The highest BCUT2D eigenvalue weighted by Crippen LogP contribution is 2.19. The quantitative estimate of drug-likeness (QED) is 0.532. The molecule has 0 fully saturated rings. The predicted octanol–water partition coefficient (Wildman–Crippen LogP) is 2.08. The number of aryl methyl sites for hydroxylation is 1. The second-order valence-corrected chi connectivity index (χ2v) is 5.93. The monoisotopic (exact) mass is 406 g/mol. The molecule has 0 radical (unpaired) electrons. The summed E-state index contributed by atoms with van der Waals surface area (Å²) >= 11 is 3.22. The zero-order valence-electron chi connectivity index (χ0n) is 13.2. The minimum atomic E-state index is -0.843. The Hall–Kier alpha value is -2.87. The Labute approximate surface area is 152 Å². The molecule has 8 heteroatoms. The van der Waals surface area contributed by atoms with E-state index in [1.807, 2.05) is 0 Å². The first kappa shape index (κ1) is 18.5. The first-order valence-corrected chi connectivity index (χ1v) is 7.98. The van der Waals surface area contributed by atoms with Crippen LogP contribution in [0.2, 0.25) is 0 Å². The van der Waals surface area contributed by atoms with E-state index >= 15 is 0 Å². The van der Waals surface area contributed by atoms with Crippen LogP contribution in [0.25, 0.3) is 0 Å². The number of aromatic hydroxyl groups is 1. The van der Waals surface area contributed by atoms with Gasteiger partial charge in [-0.25, -0.2) is 4.79 Å². The van der Waals surface area contributed by atoms with Gasteiger partial charge in [0.05, 0.1) is 5.56 Å². The van der Waals surface area contributed by atoms with Crippen molar-refractivity contribution in [3.05, 3.63) is 63.6 Å². The molecule has 2 rings (SSSR count). The number of carbonyl (C=O) groups is 3.